The summed E-state index contributed by atoms with van der Waals surface area (Å²) in [5, 5.41) is 12.2. The summed E-state index contributed by atoms with van der Waals surface area (Å²) in [7, 11) is 0. The molecule has 1 aromatic carbocycles. The Kier molecular flexibility index (Phi) is 7.21. The molecule has 180 valence electrons. The molecule has 0 fully saturated rings. The first-order chi connectivity index (χ1) is 15.3. The van der Waals surface area contributed by atoms with Crippen LogP contribution in [-0.2, 0) is 29.0 Å². The summed E-state index contributed by atoms with van der Waals surface area (Å²) >= 11 is 6.02. The smallest absolute Gasteiger partial charge is 0.410 e. The molecule has 1 aliphatic rings. The monoisotopic (exact) mass is 477 g/mol. The SMILES string of the molecule is CC(C)(C)OC(=O)N[C@H](Cc1ccc(Cl)cc1)c1nnc2n1CCN(C(=O)OC(C)(C)C)C2. The van der Waals surface area contributed by atoms with Crippen LogP contribution in [-0.4, -0.2) is 49.6 Å². The topological polar surface area (TPSA) is 98.6 Å². The molecule has 0 radical (unpaired) electrons. The summed E-state index contributed by atoms with van der Waals surface area (Å²) < 4.78 is 12.9. The molecule has 1 atom stereocenters. The van der Waals surface area contributed by atoms with Crippen molar-refractivity contribution in [3.05, 3.63) is 46.5 Å². The van der Waals surface area contributed by atoms with Gasteiger partial charge >= 0.3 is 12.2 Å². The van der Waals surface area contributed by atoms with Crippen molar-refractivity contribution in [3.63, 3.8) is 0 Å². The Morgan fingerprint density at radius 1 is 1.03 bits per heavy atom. The highest BCUT2D eigenvalue weighted by Gasteiger charge is 2.31. The molecule has 2 aromatic rings. The third kappa shape index (κ3) is 7.08. The minimum absolute atomic E-state index is 0.280. The Labute approximate surface area is 199 Å². The molecule has 2 amide bonds. The average molecular weight is 478 g/mol. The number of hydrogen-bond acceptors (Lipinski definition) is 6. The van der Waals surface area contributed by atoms with Gasteiger partial charge in [-0.25, -0.2) is 9.59 Å². The maximum absolute atomic E-state index is 12.6. The largest absolute Gasteiger partial charge is 0.444 e. The number of nitrogens with zero attached hydrogens (tertiary/aromatic N) is 4. The van der Waals surface area contributed by atoms with Gasteiger partial charge in [0.1, 0.15) is 11.2 Å². The molecule has 3 rings (SSSR count). The van der Waals surface area contributed by atoms with Gasteiger partial charge in [-0.15, -0.1) is 10.2 Å². The average Bonchev–Trinajstić information content (AvgIpc) is 3.09. The Hall–Kier alpha value is -2.81. The molecule has 9 nitrogen and oxygen atoms in total. The molecule has 1 aromatic heterocycles. The number of halogens is 1. The van der Waals surface area contributed by atoms with Gasteiger partial charge in [0.05, 0.1) is 12.6 Å². The number of aromatic nitrogens is 3. The molecule has 0 spiro atoms. The highest BCUT2D eigenvalue weighted by atomic mass is 35.5. The maximum Gasteiger partial charge on any atom is 0.410 e. The van der Waals surface area contributed by atoms with Gasteiger partial charge in [0.2, 0.25) is 0 Å². The van der Waals surface area contributed by atoms with Crippen molar-refractivity contribution in [2.24, 2.45) is 0 Å². The van der Waals surface area contributed by atoms with Crippen LogP contribution in [0.1, 0.15) is 64.8 Å². The van der Waals surface area contributed by atoms with Crippen LogP contribution in [0.2, 0.25) is 5.02 Å². The number of hydrogen-bond donors (Lipinski definition) is 1. The number of nitrogens with one attached hydrogen (secondary N) is 1. The lowest BCUT2D eigenvalue weighted by atomic mass is 10.1. The first kappa shape index (κ1) is 24.8. The van der Waals surface area contributed by atoms with Crippen LogP contribution in [0.15, 0.2) is 24.3 Å². The van der Waals surface area contributed by atoms with Gasteiger partial charge in [0.25, 0.3) is 0 Å². The number of ether oxygens (including phenoxy) is 2. The Morgan fingerprint density at radius 2 is 1.67 bits per heavy atom. The van der Waals surface area contributed by atoms with E-state index in [1.54, 1.807) is 17.0 Å². The first-order valence-corrected chi connectivity index (χ1v) is 11.3. The second kappa shape index (κ2) is 9.59. The van der Waals surface area contributed by atoms with Crippen LogP contribution in [0.4, 0.5) is 9.59 Å². The van der Waals surface area contributed by atoms with E-state index >= 15 is 0 Å². The van der Waals surface area contributed by atoms with Crippen LogP contribution in [0.3, 0.4) is 0 Å². The number of alkyl carbamates (subject to hydrolysis) is 1. The molecule has 33 heavy (non-hydrogen) atoms. The predicted octanol–water partition coefficient (Wildman–Crippen LogP) is 4.49. The van der Waals surface area contributed by atoms with Gasteiger partial charge in [-0.05, 0) is 59.2 Å². The maximum atomic E-state index is 12.6. The third-order valence-electron chi connectivity index (χ3n) is 4.79. The van der Waals surface area contributed by atoms with E-state index < -0.39 is 23.3 Å². The summed E-state index contributed by atoms with van der Waals surface area (Å²) in [5.41, 5.74) is -0.231. The highest BCUT2D eigenvalue weighted by Crippen LogP contribution is 2.24. The molecule has 1 aliphatic heterocycles. The highest BCUT2D eigenvalue weighted by molar-refractivity contribution is 6.30. The summed E-state index contributed by atoms with van der Waals surface area (Å²) in [6.45, 7) is 12.2. The number of carbonyl (C=O) groups excluding carboxylic acids is 2. The lowest BCUT2D eigenvalue weighted by molar-refractivity contribution is 0.0194. The Balaban J connectivity index is 1.82. The summed E-state index contributed by atoms with van der Waals surface area (Å²) in [4.78, 5) is 26.6. The second-order valence-electron chi connectivity index (χ2n) is 10.1. The number of carbonyl (C=O) groups is 2. The van der Waals surface area contributed by atoms with Crippen LogP contribution >= 0.6 is 11.6 Å². The van der Waals surface area contributed by atoms with Crippen LogP contribution in [0.25, 0.3) is 0 Å². The summed E-state index contributed by atoms with van der Waals surface area (Å²) in [5.74, 6) is 1.24. The van der Waals surface area contributed by atoms with Crippen LogP contribution in [0, 0.1) is 0 Å². The van der Waals surface area contributed by atoms with E-state index in [1.807, 2.05) is 58.2 Å². The van der Waals surface area contributed by atoms with Gasteiger partial charge in [0, 0.05) is 24.5 Å². The molecule has 2 heterocycles. The van der Waals surface area contributed by atoms with E-state index in [0.29, 0.717) is 36.2 Å². The molecular weight excluding hydrogens is 446 g/mol. The number of benzene rings is 1. The molecule has 0 saturated carbocycles. The fourth-order valence-corrected chi connectivity index (χ4v) is 3.56. The molecule has 10 heteroatoms. The van der Waals surface area contributed by atoms with E-state index in [9.17, 15) is 9.59 Å². The van der Waals surface area contributed by atoms with E-state index in [4.69, 9.17) is 21.1 Å². The predicted molar refractivity (Wildman–Crippen MR) is 124 cm³/mol. The quantitative estimate of drug-likeness (QED) is 0.696. The van der Waals surface area contributed by atoms with E-state index in [0.717, 1.165) is 5.56 Å². The van der Waals surface area contributed by atoms with Crippen molar-refractivity contribution in [1.29, 1.82) is 0 Å². The second-order valence-corrected chi connectivity index (χ2v) is 10.5. The zero-order chi connectivity index (χ0) is 24.4. The van der Waals surface area contributed by atoms with Gasteiger partial charge in [0.15, 0.2) is 11.6 Å². The van der Waals surface area contributed by atoms with Gasteiger partial charge in [-0.1, -0.05) is 23.7 Å². The van der Waals surface area contributed by atoms with Gasteiger partial charge < -0.3 is 19.4 Å². The van der Waals surface area contributed by atoms with E-state index in [2.05, 4.69) is 15.5 Å². The minimum Gasteiger partial charge on any atom is -0.444 e. The molecule has 0 bridgehead atoms. The summed E-state index contributed by atoms with van der Waals surface area (Å²) in [6, 6.07) is 6.95. The van der Waals surface area contributed by atoms with Gasteiger partial charge in [-0.3, -0.25) is 4.90 Å². The summed E-state index contributed by atoms with van der Waals surface area (Å²) in [6.07, 6.45) is -0.447. The van der Waals surface area contributed by atoms with Gasteiger partial charge in [-0.2, -0.15) is 0 Å². The number of fused-ring (bicyclic) bond motifs is 1. The van der Waals surface area contributed by atoms with Crippen molar-refractivity contribution in [3.8, 4) is 0 Å². The molecule has 0 aliphatic carbocycles. The Morgan fingerprint density at radius 3 is 2.27 bits per heavy atom. The first-order valence-electron chi connectivity index (χ1n) is 10.9. The number of amides is 2. The molecule has 1 N–H and O–H groups in total. The van der Waals surface area contributed by atoms with Crippen molar-refractivity contribution in [2.45, 2.75) is 78.3 Å². The standard InChI is InChI=1S/C23H32ClN5O4/c1-22(2,3)32-20(30)25-17(13-15-7-9-16(24)10-8-15)19-27-26-18-14-28(11-12-29(18)19)21(31)33-23(4,5)6/h7-10,17H,11-14H2,1-6H3,(H,25,30)/t17-/m1/s1. The molecular formula is C23H32ClN5O4. The fraction of sp³-hybridized carbons (Fsp3) is 0.565. The normalized spacial score (nSPS) is 14.9. The van der Waals surface area contributed by atoms with Crippen molar-refractivity contribution < 1.29 is 19.1 Å². The molecule has 0 saturated heterocycles. The van der Waals surface area contributed by atoms with Crippen molar-refractivity contribution in [1.82, 2.24) is 25.0 Å². The van der Waals surface area contributed by atoms with Crippen LogP contribution in [0.5, 0.6) is 0 Å². The van der Waals surface area contributed by atoms with Crippen molar-refractivity contribution in [2.75, 3.05) is 6.54 Å². The third-order valence-corrected chi connectivity index (χ3v) is 5.04. The Bertz CT molecular complexity index is 992. The minimum atomic E-state index is -0.632. The number of rotatable bonds is 4. The van der Waals surface area contributed by atoms with E-state index in [1.165, 1.54) is 0 Å². The zero-order valence-corrected chi connectivity index (χ0v) is 20.8. The molecule has 0 unspecified atom stereocenters. The van der Waals surface area contributed by atoms with Crippen LogP contribution < -0.4 is 5.32 Å². The lowest BCUT2D eigenvalue weighted by Crippen LogP contribution is -2.42. The fourth-order valence-electron chi connectivity index (χ4n) is 3.43. The zero-order valence-electron chi connectivity index (χ0n) is 20.0. The van der Waals surface area contributed by atoms with E-state index in [-0.39, 0.29) is 12.6 Å². The van der Waals surface area contributed by atoms with Crippen molar-refractivity contribution >= 4 is 23.8 Å². The lowest BCUT2D eigenvalue weighted by Gasteiger charge is -2.31.